The van der Waals surface area contributed by atoms with Crippen molar-refractivity contribution in [2.75, 3.05) is 25.5 Å². The molecule has 9 heteroatoms. The maximum Gasteiger partial charge on any atom is 2.00 e. The van der Waals surface area contributed by atoms with Crippen molar-refractivity contribution in [2.24, 2.45) is 0 Å². The Balaban J connectivity index is -0.000000688. The Morgan fingerprint density at radius 3 is 0.878 bits per heavy atom. The molecule has 0 bridgehead atoms. The van der Waals surface area contributed by atoms with E-state index in [0.717, 1.165) is 64.2 Å². The molecular formula is C32H68CrO6P2. The first-order chi connectivity index (χ1) is 19.2. The van der Waals surface area contributed by atoms with Gasteiger partial charge in [0.05, 0.1) is 13.2 Å². The van der Waals surface area contributed by atoms with E-state index in [1.54, 1.807) is 0 Å². The van der Waals surface area contributed by atoms with Crippen molar-refractivity contribution in [1.82, 2.24) is 0 Å². The van der Waals surface area contributed by atoms with E-state index >= 15 is 0 Å². The monoisotopic (exact) mass is 662 g/mol. The molecule has 2 atom stereocenters. The zero-order chi connectivity index (χ0) is 30.2. The van der Waals surface area contributed by atoms with Gasteiger partial charge in [0.15, 0.2) is 0 Å². The van der Waals surface area contributed by atoms with Crippen LogP contribution in [0.4, 0.5) is 0 Å². The van der Waals surface area contributed by atoms with Crippen LogP contribution in [0.5, 0.6) is 0 Å². The van der Waals surface area contributed by atoms with Gasteiger partial charge in [-0.1, -0.05) is 156 Å². The van der Waals surface area contributed by atoms with Crippen LogP contribution >= 0.6 is 15.2 Å². The summed E-state index contributed by atoms with van der Waals surface area (Å²) in [6.07, 6.45) is 27.5. The maximum atomic E-state index is 11.7. The molecule has 41 heavy (non-hydrogen) atoms. The van der Waals surface area contributed by atoms with E-state index in [1.165, 1.54) is 89.9 Å². The fourth-order valence-corrected chi connectivity index (χ4v) is 6.77. The minimum atomic E-state index is -3.56. The predicted octanol–water partition coefficient (Wildman–Crippen LogP) is 10.6. The molecule has 248 valence electrons. The molecule has 0 aliphatic rings. The van der Waals surface area contributed by atoms with Gasteiger partial charge in [0.1, 0.15) is 15.2 Å². The third-order valence-electron chi connectivity index (χ3n) is 7.14. The van der Waals surface area contributed by atoms with Crippen LogP contribution in [0, 0.1) is 0 Å². The summed E-state index contributed by atoms with van der Waals surface area (Å²) in [4.78, 5) is 23.3. The van der Waals surface area contributed by atoms with Gasteiger partial charge in [0.25, 0.3) is 0 Å². The first kappa shape index (κ1) is 46.3. The van der Waals surface area contributed by atoms with Gasteiger partial charge in [-0.25, -0.2) is 0 Å². The molecule has 6 nitrogen and oxygen atoms in total. The average molecular weight is 663 g/mol. The van der Waals surface area contributed by atoms with Crippen LogP contribution in [0.15, 0.2) is 0 Å². The number of hydrogen-bond acceptors (Lipinski definition) is 6. The Hall–Kier alpha value is 0.832. The Morgan fingerprint density at radius 2 is 0.610 bits per heavy atom. The largest absolute Gasteiger partial charge is 2.00 e. The van der Waals surface area contributed by atoms with E-state index in [9.17, 15) is 18.9 Å². The van der Waals surface area contributed by atoms with Gasteiger partial charge < -0.3 is 28.0 Å². The van der Waals surface area contributed by atoms with Gasteiger partial charge in [-0.2, -0.15) is 0 Å². The molecule has 0 saturated carbocycles. The molecule has 0 aromatic carbocycles. The van der Waals surface area contributed by atoms with Gasteiger partial charge >= 0.3 is 17.4 Å². The second-order valence-electron chi connectivity index (χ2n) is 11.4. The number of rotatable bonds is 30. The van der Waals surface area contributed by atoms with Crippen LogP contribution in [0.2, 0.25) is 0 Å². The summed E-state index contributed by atoms with van der Waals surface area (Å²) in [5.41, 5.74) is 0. The van der Waals surface area contributed by atoms with Gasteiger partial charge in [0.2, 0.25) is 0 Å². The van der Waals surface area contributed by atoms with Crippen LogP contribution < -0.4 is 9.79 Å². The van der Waals surface area contributed by atoms with Crippen molar-refractivity contribution in [2.45, 2.75) is 182 Å². The Labute approximate surface area is 267 Å². The standard InChI is InChI=1S/2C16H35O3P.Cr/c2*1-3-5-7-9-11-13-15-19-20(17,18)16-14-12-10-8-6-4-2;/h2*3-16H2,1-2H3,(H,17,18);/q;;+2/p-2. The fourth-order valence-electron chi connectivity index (χ4n) is 4.47. The summed E-state index contributed by atoms with van der Waals surface area (Å²) in [5, 5.41) is 0. The minimum Gasteiger partial charge on any atom is -0.778 e. The van der Waals surface area contributed by atoms with Crippen molar-refractivity contribution in [3.63, 3.8) is 0 Å². The molecule has 0 aliphatic heterocycles. The van der Waals surface area contributed by atoms with Crippen molar-refractivity contribution in [3.05, 3.63) is 0 Å². The summed E-state index contributed by atoms with van der Waals surface area (Å²) in [6.45, 7) is 9.51. The Bertz CT molecular complexity index is 545. The molecule has 0 saturated heterocycles. The normalized spacial score (nSPS) is 14.0. The van der Waals surface area contributed by atoms with Crippen LogP contribution in [0.3, 0.4) is 0 Å². The molecule has 0 aromatic rings. The van der Waals surface area contributed by atoms with E-state index in [4.69, 9.17) is 9.05 Å². The predicted molar refractivity (Wildman–Crippen MR) is 170 cm³/mol. The SMILES string of the molecule is CCCCCCCCOP(=O)([O-])CCCCCCCC.CCCCCCCCOP(=O)([O-])CCCCCCCC.[Cr+2]. The fraction of sp³-hybridized carbons (Fsp3) is 1.00. The second kappa shape index (κ2) is 35.3. The average Bonchev–Trinajstić information content (AvgIpc) is 2.92. The zero-order valence-corrected chi connectivity index (χ0v) is 30.6. The Morgan fingerprint density at radius 1 is 0.390 bits per heavy atom. The molecule has 0 rings (SSSR count). The molecule has 0 amide bonds. The van der Waals surface area contributed by atoms with Crippen molar-refractivity contribution in [1.29, 1.82) is 0 Å². The molecule has 0 spiro atoms. The van der Waals surface area contributed by atoms with Gasteiger partial charge in [0, 0.05) is 12.3 Å². The van der Waals surface area contributed by atoms with Crippen LogP contribution in [0.1, 0.15) is 182 Å². The van der Waals surface area contributed by atoms with E-state index in [1.807, 2.05) is 0 Å². The van der Waals surface area contributed by atoms with Gasteiger partial charge in [-0.05, 0) is 25.7 Å². The first-order valence-corrected chi connectivity index (χ1v) is 20.6. The topological polar surface area (TPSA) is 98.7 Å². The quantitative estimate of drug-likeness (QED) is 0.0561. The van der Waals surface area contributed by atoms with Gasteiger partial charge in [-0.15, -0.1) is 0 Å². The van der Waals surface area contributed by atoms with Crippen molar-refractivity contribution >= 4 is 15.2 Å². The smallest absolute Gasteiger partial charge is 0.778 e. The van der Waals surface area contributed by atoms with Crippen molar-refractivity contribution in [3.8, 4) is 0 Å². The Kier molecular flexibility index (Phi) is 39.8. The molecule has 0 aromatic heterocycles. The molecule has 0 aliphatic carbocycles. The van der Waals surface area contributed by atoms with Crippen LogP contribution in [-0.4, -0.2) is 25.5 Å². The number of unbranched alkanes of at least 4 members (excludes halogenated alkanes) is 20. The zero-order valence-electron chi connectivity index (χ0n) is 27.6. The van der Waals surface area contributed by atoms with E-state index in [0.29, 0.717) is 13.2 Å². The summed E-state index contributed by atoms with van der Waals surface area (Å²) in [6, 6.07) is 0. The number of hydrogen-bond donors (Lipinski definition) is 0. The van der Waals surface area contributed by atoms with Gasteiger partial charge in [-0.3, -0.25) is 0 Å². The third-order valence-corrected chi connectivity index (χ3v) is 10.0. The van der Waals surface area contributed by atoms with E-state index in [-0.39, 0.29) is 29.7 Å². The molecule has 0 fully saturated rings. The molecule has 0 radical (unpaired) electrons. The van der Waals surface area contributed by atoms with Crippen molar-refractivity contribution < 1.29 is 45.3 Å². The summed E-state index contributed by atoms with van der Waals surface area (Å²) in [5.74, 6) is 0. The minimum absolute atomic E-state index is 0. The van der Waals surface area contributed by atoms with E-state index < -0.39 is 15.2 Å². The van der Waals surface area contributed by atoms with E-state index in [2.05, 4.69) is 27.7 Å². The molecular weight excluding hydrogens is 594 g/mol. The molecule has 0 N–H and O–H groups in total. The van der Waals surface area contributed by atoms with Crippen LogP contribution in [0.25, 0.3) is 0 Å². The third kappa shape index (κ3) is 40.8. The second-order valence-corrected chi connectivity index (χ2v) is 15.3. The summed E-state index contributed by atoms with van der Waals surface area (Å²) in [7, 11) is -7.12. The first-order valence-electron chi connectivity index (χ1n) is 17.1. The molecule has 2 unspecified atom stereocenters. The maximum absolute atomic E-state index is 11.7. The summed E-state index contributed by atoms with van der Waals surface area (Å²) >= 11 is 0. The molecule has 0 heterocycles. The van der Waals surface area contributed by atoms with Crippen LogP contribution in [-0.2, 0) is 35.5 Å². The summed E-state index contributed by atoms with van der Waals surface area (Å²) < 4.78 is 33.4.